The highest BCUT2D eigenvalue weighted by Crippen LogP contribution is 2.26. The third-order valence-corrected chi connectivity index (χ3v) is 3.59. The predicted molar refractivity (Wildman–Crippen MR) is 73.2 cm³/mol. The van der Waals surface area contributed by atoms with Crippen molar-refractivity contribution in [2.24, 2.45) is 0 Å². The molecule has 5 heteroatoms. The number of carbonyl (C=O) groups is 1. The van der Waals surface area contributed by atoms with Gasteiger partial charge in [-0.3, -0.25) is 9.69 Å². The molecule has 3 rings (SSSR count). The molecule has 92 valence electrons. The van der Waals surface area contributed by atoms with Crippen molar-refractivity contribution in [2.45, 2.75) is 11.2 Å². The van der Waals surface area contributed by atoms with E-state index in [1.54, 1.807) is 15.8 Å². The summed E-state index contributed by atoms with van der Waals surface area (Å²) < 4.78 is 1.79. The Kier molecular flexibility index (Phi) is 2.91. The summed E-state index contributed by atoms with van der Waals surface area (Å²) in [5, 5.41) is 4.30. The molecular formula is C13H12BrN3O. The van der Waals surface area contributed by atoms with Crippen LogP contribution in [0.1, 0.15) is 6.42 Å². The van der Waals surface area contributed by atoms with Crippen molar-refractivity contribution in [3.8, 4) is 5.69 Å². The summed E-state index contributed by atoms with van der Waals surface area (Å²) in [6, 6.07) is 11.7. The number of aromatic nitrogens is 2. The third kappa shape index (κ3) is 1.95. The molecule has 1 aromatic heterocycles. The first-order valence-corrected chi connectivity index (χ1v) is 6.71. The zero-order valence-electron chi connectivity index (χ0n) is 9.66. The van der Waals surface area contributed by atoms with Gasteiger partial charge in [0.2, 0.25) is 5.91 Å². The second-order valence-electron chi connectivity index (χ2n) is 4.24. The number of hydrogen-bond acceptors (Lipinski definition) is 2. The summed E-state index contributed by atoms with van der Waals surface area (Å²) in [6.45, 7) is 0.692. The molecule has 1 aromatic carbocycles. The van der Waals surface area contributed by atoms with E-state index in [0.717, 1.165) is 11.5 Å². The Labute approximate surface area is 113 Å². The number of anilines is 1. The average Bonchev–Trinajstić information content (AvgIpc) is 2.96. The fourth-order valence-corrected chi connectivity index (χ4v) is 2.72. The molecule has 0 N–H and O–H groups in total. The van der Waals surface area contributed by atoms with Crippen LogP contribution < -0.4 is 4.90 Å². The maximum atomic E-state index is 11.9. The first-order valence-electron chi connectivity index (χ1n) is 5.79. The maximum Gasteiger partial charge on any atom is 0.229 e. The molecule has 2 aromatic rings. The lowest BCUT2D eigenvalue weighted by molar-refractivity contribution is -0.117. The first-order chi connectivity index (χ1) is 8.75. The first kappa shape index (κ1) is 11.5. The van der Waals surface area contributed by atoms with Crippen LogP contribution >= 0.6 is 15.9 Å². The van der Waals surface area contributed by atoms with E-state index in [2.05, 4.69) is 21.0 Å². The topological polar surface area (TPSA) is 38.1 Å². The van der Waals surface area contributed by atoms with Crippen LogP contribution in [0.4, 0.5) is 5.82 Å². The number of carbonyl (C=O) groups excluding carboxylic acids is 1. The largest absolute Gasteiger partial charge is 0.296 e. The van der Waals surface area contributed by atoms with Crippen molar-refractivity contribution in [1.82, 2.24) is 9.78 Å². The molecule has 1 fully saturated rings. The minimum atomic E-state index is 0.134. The number of nitrogens with zero attached hydrogens (tertiary/aromatic N) is 3. The van der Waals surface area contributed by atoms with Crippen LogP contribution in [0.5, 0.6) is 0 Å². The van der Waals surface area contributed by atoms with E-state index in [0.29, 0.717) is 13.0 Å². The van der Waals surface area contributed by atoms with Crippen molar-refractivity contribution in [2.75, 3.05) is 11.4 Å². The minimum absolute atomic E-state index is 0.134. The Morgan fingerprint density at radius 2 is 2.00 bits per heavy atom. The summed E-state index contributed by atoms with van der Waals surface area (Å²) >= 11 is 3.49. The molecule has 0 saturated carbocycles. The van der Waals surface area contributed by atoms with Gasteiger partial charge in [0, 0.05) is 23.9 Å². The third-order valence-electron chi connectivity index (χ3n) is 2.98. The molecule has 1 amide bonds. The molecular weight excluding hydrogens is 294 g/mol. The predicted octanol–water partition coefficient (Wildman–Crippen LogP) is 2.37. The monoisotopic (exact) mass is 305 g/mol. The number of halogens is 1. The minimum Gasteiger partial charge on any atom is -0.296 e. The molecule has 18 heavy (non-hydrogen) atoms. The molecule has 0 spiro atoms. The van der Waals surface area contributed by atoms with Gasteiger partial charge in [0.15, 0.2) is 0 Å². The zero-order chi connectivity index (χ0) is 12.5. The van der Waals surface area contributed by atoms with Gasteiger partial charge in [0.25, 0.3) is 0 Å². The number of benzene rings is 1. The van der Waals surface area contributed by atoms with E-state index in [1.165, 1.54) is 0 Å². The molecule has 0 radical (unpaired) electrons. The van der Waals surface area contributed by atoms with Crippen molar-refractivity contribution in [3.63, 3.8) is 0 Å². The van der Waals surface area contributed by atoms with Gasteiger partial charge in [0.05, 0.1) is 11.9 Å². The van der Waals surface area contributed by atoms with Gasteiger partial charge in [-0.15, -0.1) is 0 Å². The fraction of sp³-hybridized carbons (Fsp3) is 0.231. The Morgan fingerprint density at radius 3 is 2.67 bits per heavy atom. The van der Waals surface area contributed by atoms with Gasteiger partial charge in [-0.05, 0) is 12.1 Å². The quantitative estimate of drug-likeness (QED) is 0.799. The molecule has 2 heterocycles. The number of para-hydroxylation sites is 1. The number of rotatable bonds is 2. The van der Waals surface area contributed by atoms with E-state index in [1.807, 2.05) is 36.4 Å². The molecule has 1 atom stereocenters. The van der Waals surface area contributed by atoms with Gasteiger partial charge < -0.3 is 0 Å². The van der Waals surface area contributed by atoms with Crippen molar-refractivity contribution >= 4 is 27.7 Å². The molecule has 1 aliphatic heterocycles. The van der Waals surface area contributed by atoms with Gasteiger partial charge in [-0.25, -0.2) is 4.68 Å². The second kappa shape index (κ2) is 4.57. The van der Waals surface area contributed by atoms with E-state index in [9.17, 15) is 4.79 Å². The SMILES string of the molecule is O=C1CC(Br)CN1c1ccnn1-c1ccccc1. The zero-order valence-corrected chi connectivity index (χ0v) is 11.2. The summed E-state index contributed by atoms with van der Waals surface area (Å²) in [7, 11) is 0. The summed E-state index contributed by atoms with van der Waals surface area (Å²) in [5.41, 5.74) is 0.961. The number of alkyl halides is 1. The van der Waals surface area contributed by atoms with E-state index in [4.69, 9.17) is 0 Å². The molecule has 0 aliphatic carbocycles. The van der Waals surface area contributed by atoms with Crippen LogP contribution in [0.2, 0.25) is 0 Å². The second-order valence-corrected chi connectivity index (χ2v) is 5.54. The van der Waals surface area contributed by atoms with Crippen LogP contribution in [0.15, 0.2) is 42.6 Å². The van der Waals surface area contributed by atoms with Crippen LogP contribution in [-0.4, -0.2) is 27.1 Å². The van der Waals surface area contributed by atoms with Crippen LogP contribution in [0.25, 0.3) is 5.69 Å². The lowest BCUT2D eigenvalue weighted by Gasteiger charge is -2.17. The molecule has 1 aliphatic rings. The van der Waals surface area contributed by atoms with E-state index < -0.39 is 0 Å². The standard InChI is InChI=1S/C13H12BrN3O/c14-10-8-13(18)16(9-10)12-6-7-15-17(12)11-4-2-1-3-5-11/h1-7,10H,8-9H2. The number of amides is 1. The fourth-order valence-electron chi connectivity index (χ4n) is 2.15. The smallest absolute Gasteiger partial charge is 0.229 e. The molecule has 0 bridgehead atoms. The summed E-state index contributed by atoms with van der Waals surface area (Å²) in [6.07, 6.45) is 2.26. The molecule has 4 nitrogen and oxygen atoms in total. The highest BCUT2D eigenvalue weighted by molar-refractivity contribution is 9.09. The van der Waals surface area contributed by atoms with Gasteiger partial charge in [-0.2, -0.15) is 5.10 Å². The highest BCUT2D eigenvalue weighted by atomic mass is 79.9. The molecule has 1 unspecified atom stereocenters. The van der Waals surface area contributed by atoms with Gasteiger partial charge in [0.1, 0.15) is 5.82 Å². The van der Waals surface area contributed by atoms with Gasteiger partial charge >= 0.3 is 0 Å². The van der Waals surface area contributed by atoms with Crippen molar-refractivity contribution in [1.29, 1.82) is 0 Å². The van der Waals surface area contributed by atoms with Crippen LogP contribution in [0.3, 0.4) is 0 Å². The molecule has 1 saturated heterocycles. The van der Waals surface area contributed by atoms with E-state index in [-0.39, 0.29) is 10.7 Å². The highest BCUT2D eigenvalue weighted by Gasteiger charge is 2.30. The average molecular weight is 306 g/mol. The van der Waals surface area contributed by atoms with Gasteiger partial charge in [-0.1, -0.05) is 34.1 Å². The summed E-state index contributed by atoms with van der Waals surface area (Å²) in [4.78, 5) is 13.9. The lowest BCUT2D eigenvalue weighted by Crippen LogP contribution is -2.27. The van der Waals surface area contributed by atoms with Crippen LogP contribution in [-0.2, 0) is 4.79 Å². The summed E-state index contributed by atoms with van der Waals surface area (Å²) in [5.74, 6) is 0.961. The Hall–Kier alpha value is -1.62. The Bertz CT molecular complexity index is 567. The maximum absolute atomic E-state index is 11.9. The van der Waals surface area contributed by atoms with Crippen LogP contribution in [0, 0.1) is 0 Å². The normalized spacial score (nSPS) is 19.5. The van der Waals surface area contributed by atoms with Crippen molar-refractivity contribution in [3.05, 3.63) is 42.6 Å². The number of hydrogen-bond donors (Lipinski definition) is 0. The van der Waals surface area contributed by atoms with Crippen molar-refractivity contribution < 1.29 is 4.79 Å². The lowest BCUT2D eigenvalue weighted by atomic mass is 10.3. The Morgan fingerprint density at radius 1 is 1.22 bits per heavy atom. The Balaban J connectivity index is 2.00. The van der Waals surface area contributed by atoms with E-state index >= 15 is 0 Å².